The van der Waals surface area contributed by atoms with E-state index in [4.69, 9.17) is 4.74 Å². The predicted molar refractivity (Wildman–Crippen MR) is 83.5 cm³/mol. The zero-order chi connectivity index (χ0) is 15.7. The highest BCUT2D eigenvalue weighted by Crippen LogP contribution is 2.25. The summed E-state index contributed by atoms with van der Waals surface area (Å²) in [5.41, 5.74) is 1.59. The second kappa shape index (κ2) is 9.00. The molecule has 0 aliphatic carbocycles. The normalized spacial score (nSPS) is 10.0. The van der Waals surface area contributed by atoms with E-state index in [1.807, 2.05) is 19.1 Å². The van der Waals surface area contributed by atoms with Crippen LogP contribution >= 0.6 is 0 Å². The number of carbonyl (C=O) groups is 2. The predicted octanol–water partition coefficient (Wildman–Crippen LogP) is 2.64. The molecule has 116 valence electrons. The molecule has 1 aromatic carbocycles. The lowest BCUT2D eigenvalue weighted by Crippen LogP contribution is -2.28. The maximum Gasteiger partial charge on any atom is 0.233 e. The molecule has 0 unspecified atom stereocenters. The van der Waals surface area contributed by atoms with E-state index in [1.165, 1.54) is 0 Å². The Labute approximate surface area is 126 Å². The minimum absolute atomic E-state index is 0.177. The van der Waals surface area contributed by atoms with Gasteiger partial charge >= 0.3 is 0 Å². The number of anilines is 1. The third-order valence-corrected chi connectivity index (χ3v) is 3.05. The van der Waals surface area contributed by atoms with Crippen molar-refractivity contribution in [2.45, 2.75) is 39.5 Å². The van der Waals surface area contributed by atoms with Gasteiger partial charge in [-0.2, -0.15) is 0 Å². The van der Waals surface area contributed by atoms with E-state index in [0.717, 1.165) is 24.8 Å². The van der Waals surface area contributed by atoms with Crippen LogP contribution in [0.4, 0.5) is 5.69 Å². The number of carbonyl (C=O) groups excluding carboxylic acids is 2. The molecule has 0 aliphatic rings. The molecule has 0 heterocycles. The molecule has 0 radical (unpaired) electrons. The van der Waals surface area contributed by atoms with Gasteiger partial charge in [0, 0.05) is 6.54 Å². The molecule has 0 aromatic heterocycles. The van der Waals surface area contributed by atoms with Crippen LogP contribution in [0.2, 0.25) is 0 Å². The van der Waals surface area contributed by atoms with Crippen molar-refractivity contribution in [3.8, 4) is 5.75 Å². The first kappa shape index (κ1) is 17.0. The highest BCUT2D eigenvalue weighted by atomic mass is 16.5. The van der Waals surface area contributed by atoms with Crippen LogP contribution in [-0.4, -0.2) is 25.5 Å². The van der Waals surface area contributed by atoms with Crippen molar-refractivity contribution in [3.05, 3.63) is 23.8 Å². The lowest BCUT2D eigenvalue weighted by atomic mass is 10.2. The Hall–Kier alpha value is -2.04. The Kier molecular flexibility index (Phi) is 7.29. The molecule has 21 heavy (non-hydrogen) atoms. The molecule has 0 aliphatic heterocycles. The number of hydrogen-bond donors (Lipinski definition) is 2. The van der Waals surface area contributed by atoms with Gasteiger partial charge in [0.1, 0.15) is 12.2 Å². The van der Waals surface area contributed by atoms with E-state index in [-0.39, 0.29) is 18.2 Å². The van der Waals surface area contributed by atoms with Crippen molar-refractivity contribution >= 4 is 17.5 Å². The average Bonchev–Trinajstić information content (AvgIpc) is 2.43. The van der Waals surface area contributed by atoms with Gasteiger partial charge in [0.05, 0.1) is 12.8 Å². The van der Waals surface area contributed by atoms with Crippen molar-refractivity contribution in [2.24, 2.45) is 0 Å². The molecule has 1 rings (SSSR count). The third kappa shape index (κ3) is 6.29. The molecule has 0 saturated carbocycles. The SMILES string of the molecule is CCCCCNC(=O)CC(=O)Nc1cc(C)ccc1OC. The van der Waals surface area contributed by atoms with E-state index in [2.05, 4.69) is 17.6 Å². The fourth-order valence-corrected chi connectivity index (χ4v) is 1.93. The van der Waals surface area contributed by atoms with Gasteiger partial charge in [-0.25, -0.2) is 0 Å². The largest absolute Gasteiger partial charge is 0.495 e. The first-order valence-corrected chi connectivity index (χ1v) is 7.28. The molecule has 5 nitrogen and oxygen atoms in total. The fourth-order valence-electron chi connectivity index (χ4n) is 1.93. The standard InChI is InChI=1S/C16H24N2O3/c1-4-5-6-9-17-15(19)11-16(20)18-13-10-12(2)7-8-14(13)21-3/h7-8,10H,4-6,9,11H2,1-3H3,(H,17,19)(H,18,20). The van der Waals surface area contributed by atoms with Gasteiger partial charge < -0.3 is 15.4 Å². The summed E-state index contributed by atoms with van der Waals surface area (Å²) in [6.07, 6.45) is 2.94. The van der Waals surface area contributed by atoms with Gasteiger partial charge in [0.15, 0.2) is 0 Å². The number of amides is 2. The first-order valence-electron chi connectivity index (χ1n) is 7.28. The number of benzene rings is 1. The van der Waals surface area contributed by atoms with Crippen LogP contribution in [0.3, 0.4) is 0 Å². The second-order valence-corrected chi connectivity index (χ2v) is 4.99. The van der Waals surface area contributed by atoms with Gasteiger partial charge in [-0.3, -0.25) is 9.59 Å². The first-order chi connectivity index (χ1) is 10.1. The number of unbranched alkanes of at least 4 members (excludes halogenated alkanes) is 2. The second-order valence-electron chi connectivity index (χ2n) is 4.99. The number of rotatable bonds is 8. The number of methoxy groups -OCH3 is 1. The molecule has 1 aromatic rings. The third-order valence-electron chi connectivity index (χ3n) is 3.05. The summed E-state index contributed by atoms with van der Waals surface area (Å²) in [5, 5.41) is 5.45. The molecule has 0 spiro atoms. The maximum absolute atomic E-state index is 11.9. The minimum Gasteiger partial charge on any atom is -0.495 e. The molecule has 0 fully saturated rings. The molecule has 5 heteroatoms. The van der Waals surface area contributed by atoms with Crippen molar-refractivity contribution in [1.29, 1.82) is 0 Å². The van der Waals surface area contributed by atoms with E-state index >= 15 is 0 Å². The zero-order valence-electron chi connectivity index (χ0n) is 13.0. The molecular formula is C16H24N2O3. The Morgan fingerprint density at radius 2 is 1.95 bits per heavy atom. The van der Waals surface area contributed by atoms with Crippen molar-refractivity contribution in [1.82, 2.24) is 5.32 Å². The number of ether oxygens (including phenoxy) is 1. The van der Waals surface area contributed by atoms with Gasteiger partial charge in [-0.1, -0.05) is 25.8 Å². The Bertz CT molecular complexity index is 486. The van der Waals surface area contributed by atoms with Crippen LogP contribution in [0.5, 0.6) is 5.75 Å². The number of nitrogens with one attached hydrogen (secondary N) is 2. The Balaban J connectivity index is 2.46. The smallest absolute Gasteiger partial charge is 0.233 e. The molecular weight excluding hydrogens is 268 g/mol. The molecule has 0 bridgehead atoms. The monoisotopic (exact) mass is 292 g/mol. The van der Waals surface area contributed by atoms with Crippen LogP contribution in [-0.2, 0) is 9.59 Å². The van der Waals surface area contributed by atoms with E-state index in [0.29, 0.717) is 18.0 Å². The van der Waals surface area contributed by atoms with Crippen molar-refractivity contribution < 1.29 is 14.3 Å². The topological polar surface area (TPSA) is 67.4 Å². The molecule has 0 atom stereocenters. The lowest BCUT2D eigenvalue weighted by molar-refractivity contribution is -0.126. The maximum atomic E-state index is 11.9. The van der Waals surface area contributed by atoms with E-state index in [1.54, 1.807) is 13.2 Å². The molecule has 0 saturated heterocycles. The van der Waals surface area contributed by atoms with Crippen LogP contribution in [0.15, 0.2) is 18.2 Å². The van der Waals surface area contributed by atoms with Crippen molar-refractivity contribution in [3.63, 3.8) is 0 Å². The van der Waals surface area contributed by atoms with Crippen LogP contribution in [0.1, 0.15) is 38.2 Å². The summed E-state index contributed by atoms with van der Waals surface area (Å²) in [6.45, 7) is 4.65. The lowest BCUT2D eigenvalue weighted by Gasteiger charge is -2.11. The quantitative estimate of drug-likeness (QED) is 0.572. The van der Waals surface area contributed by atoms with Gasteiger partial charge in [-0.15, -0.1) is 0 Å². The van der Waals surface area contributed by atoms with Gasteiger partial charge in [0.25, 0.3) is 0 Å². The summed E-state index contributed by atoms with van der Waals surface area (Å²) in [7, 11) is 1.54. The van der Waals surface area contributed by atoms with Crippen LogP contribution < -0.4 is 15.4 Å². The van der Waals surface area contributed by atoms with Crippen LogP contribution in [0, 0.1) is 6.92 Å². The van der Waals surface area contributed by atoms with Crippen molar-refractivity contribution in [2.75, 3.05) is 19.0 Å². The minimum atomic E-state index is -0.341. The highest BCUT2D eigenvalue weighted by molar-refractivity contribution is 6.04. The van der Waals surface area contributed by atoms with Crippen LogP contribution in [0.25, 0.3) is 0 Å². The molecule has 2 N–H and O–H groups in total. The Morgan fingerprint density at radius 1 is 1.19 bits per heavy atom. The molecule has 2 amide bonds. The summed E-state index contributed by atoms with van der Waals surface area (Å²) >= 11 is 0. The number of hydrogen-bond acceptors (Lipinski definition) is 3. The summed E-state index contributed by atoms with van der Waals surface area (Å²) in [6, 6.07) is 5.50. The fraction of sp³-hybridized carbons (Fsp3) is 0.500. The summed E-state index contributed by atoms with van der Waals surface area (Å²) < 4.78 is 5.18. The summed E-state index contributed by atoms with van der Waals surface area (Å²) in [4.78, 5) is 23.5. The zero-order valence-corrected chi connectivity index (χ0v) is 13.0. The summed E-state index contributed by atoms with van der Waals surface area (Å²) in [5.74, 6) is -0.0144. The van der Waals surface area contributed by atoms with E-state index < -0.39 is 0 Å². The number of aryl methyl sites for hydroxylation is 1. The van der Waals surface area contributed by atoms with Gasteiger partial charge in [-0.05, 0) is 31.0 Å². The van der Waals surface area contributed by atoms with Gasteiger partial charge in [0.2, 0.25) is 11.8 Å². The highest BCUT2D eigenvalue weighted by Gasteiger charge is 2.11. The van der Waals surface area contributed by atoms with E-state index in [9.17, 15) is 9.59 Å². The average molecular weight is 292 g/mol. The Morgan fingerprint density at radius 3 is 2.62 bits per heavy atom.